The number of aldehydes is 1. The second-order valence-electron chi connectivity index (χ2n) is 2.30. The number of carbonyl (C=O) groups excluding carboxylic acids is 1. The Labute approximate surface area is 73.4 Å². The van der Waals surface area contributed by atoms with E-state index in [9.17, 15) is 4.79 Å². The van der Waals surface area contributed by atoms with Gasteiger partial charge in [-0.05, 0) is 12.1 Å². The lowest BCUT2D eigenvalue weighted by atomic mass is 10.3. The van der Waals surface area contributed by atoms with E-state index < -0.39 is 0 Å². The molecule has 0 saturated heterocycles. The van der Waals surface area contributed by atoms with Crippen molar-refractivity contribution in [3.8, 4) is 11.5 Å². The maximum absolute atomic E-state index is 10.2. The molecule has 0 saturated carbocycles. The van der Waals surface area contributed by atoms with Crippen LogP contribution in [0.15, 0.2) is 28.9 Å². The summed E-state index contributed by atoms with van der Waals surface area (Å²) >= 11 is 0. The standard InChI is InChI=1S/C8H5N3O2/c12-5-7-10-11-8(13-7)6-1-3-9-4-2-6/h1-5H. The average Bonchev–Trinajstić information content (AvgIpc) is 2.67. The summed E-state index contributed by atoms with van der Waals surface area (Å²) in [5.74, 6) is 0.302. The predicted molar refractivity (Wildman–Crippen MR) is 42.9 cm³/mol. The summed E-state index contributed by atoms with van der Waals surface area (Å²) < 4.78 is 5.00. The van der Waals surface area contributed by atoms with Gasteiger partial charge in [0.15, 0.2) is 0 Å². The molecule has 0 radical (unpaired) electrons. The summed E-state index contributed by atoms with van der Waals surface area (Å²) in [6, 6.07) is 3.45. The second kappa shape index (κ2) is 3.14. The van der Waals surface area contributed by atoms with E-state index in [1.807, 2.05) is 0 Å². The molecule has 2 heterocycles. The molecular weight excluding hydrogens is 170 g/mol. The largest absolute Gasteiger partial charge is 0.414 e. The fourth-order valence-electron chi connectivity index (χ4n) is 0.893. The molecule has 2 aromatic rings. The molecule has 2 rings (SSSR count). The Morgan fingerprint density at radius 3 is 2.62 bits per heavy atom. The van der Waals surface area contributed by atoms with Crippen LogP contribution in [0.1, 0.15) is 10.7 Å². The first-order valence-electron chi connectivity index (χ1n) is 3.59. The Morgan fingerprint density at radius 2 is 2.00 bits per heavy atom. The number of rotatable bonds is 2. The molecule has 5 nitrogen and oxygen atoms in total. The number of hydrogen-bond acceptors (Lipinski definition) is 5. The highest BCUT2D eigenvalue weighted by Gasteiger charge is 2.05. The Bertz CT molecular complexity index is 410. The highest BCUT2D eigenvalue weighted by atomic mass is 16.4. The molecule has 0 aliphatic rings. The molecule has 5 heteroatoms. The molecule has 64 valence electrons. The van der Waals surface area contributed by atoms with Crippen LogP contribution in [0.3, 0.4) is 0 Å². The number of nitrogens with zero attached hydrogens (tertiary/aromatic N) is 3. The van der Waals surface area contributed by atoms with Gasteiger partial charge in [0.1, 0.15) is 0 Å². The first-order valence-corrected chi connectivity index (χ1v) is 3.59. The topological polar surface area (TPSA) is 68.9 Å². The van der Waals surface area contributed by atoms with Crippen molar-refractivity contribution in [1.29, 1.82) is 0 Å². The van der Waals surface area contributed by atoms with Crippen LogP contribution in [-0.2, 0) is 0 Å². The van der Waals surface area contributed by atoms with Gasteiger partial charge in [0.05, 0.1) is 0 Å². The summed E-state index contributed by atoms with van der Waals surface area (Å²) in [6.45, 7) is 0. The van der Waals surface area contributed by atoms with E-state index in [1.165, 1.54) is 0 Å². The van der Waals surface area contributed by atoms with Crippen LogP contribution < -0.4 is 0 Å². The Kier molecular flexibility index (Phi) is 1.84. The molecular formula is C8H5N3O2. The number of pyridine rings is 1. The van der Waals surface area contributed by atoms with Gasteiger partial charge in [-0.3, -0.25) is 9.78 Å². The van der Waals surface area contributed by atoms with E-state index in [1.54, 1.807) is 24.5 Å². The lowest BCUT2D eigenvalue weighted by Crippen LogP contribution is -1.77. The van der Waals surface area contributed by atoms with E-state index in [0.717, 1.165) is 5.56 Å². The molecule has 0 aromatic carbocycles. The van der Waals surface area contributed by atoms with Crippen molar-refractivity contribution in [3.05, 3.63) is 30.4 Å². The fourth-order valence-corrected chi connectivity index (χ4v) is 0.893. The van der Waals surface area contributed by atoms with Crippen molar-refractivity contribution in [2.75, 3.05) is 0 Å². The second-order valence-corrected chi connectivity index (χ2v) is 2.30. The van der Waals surface area contributed by atoms with Gasteiger partial charge in [-0.1, -0.05) is 0 Å². The minimum atomic E-state index is -0.0215. The van der Waals surface area contributed by atoms with Crippen molar-refractivity contribution >= 4 is 6.29 Å². The van der Waals surface area contributed by atoms with Crippen molar-refractivity contribution < 1.29 is 9.21 Å². The smallest absolute Gasteiger partial charge is 0.280 e. The zero-order chi connectivity index (χ0) is 9.10. The molecule has 0 spiro atoms. The molecule has 13 heavy (non-hydrogen) atoms. The zero-order valence-electron chi connectivity index (χ0n) is 6.54. The van der Waals surface area contributed by atoms with Gasteiger partial charge in [0.2, 0.25) is 12.2 Å². The summed E-state index contributed by atoms with van der Waals surface area (Å²) in [4.78, 5) is 14.1. The van der Waals surface area contributed by atoms with E-state index in [-0.39, 0.29) is 5.89 Å². The number of hydrogen-bond donors (Lipinski definition) is 0. The van der Waals surface area contributed by atoms with E-state index in [0.29, 0.717) is 12.2 Å². The number of carbonyl (C=O) groups is 1. The van der Waals surface area contributed by atoms with Gasteiger partial charge in [0.25, 0.3) is 5.89 Å². The minimum absolute atomic E-state index is 0.0215. The predicted octanol–water partition coefficient (Wildman–Crippen LogP) is 0.944. The zero-order valence-corrected chi connectivity index (χ0v) is 6.54. The van der Waals surface area contributed by atoms with Gasteiger partial charge in [-0.25, -0.2) is 0 Å². The first-order chi connectivity index (χ1) is 6.40. The lowest BCUT2D eigenvalue weighted by Gasteiger charge is -1.89. The van der Waals surface area contributed by atoms with Crippen LogP contribution in [0, 0.1) is 0 Å². The first kappa shape index (κ1) is 7.60. The van der Waals surface area contributed by atoms with Crippen LogP contribution in [0.25, 0.3) is 11.5 Å². The van der Waals surface area contributed by atoms with Gasteiger partial charge < -0.3 is 4.42 Å². The molecule has 0 bridgehead atoms. The molecule has 2 aromatic heterocycles. The highest BCUT2D eigenvalue weighted by molar-refractivity contribution is 5.68. The van der Waals surface area contributed by atoms with Crippen LogP contribution >= 0.6 is 0 Å². The van der Waals surface area contributed by atoms with E-state index in [4.69, 9.17) is 4.42 Å². The van der Waals surface area contributed by atoms with Gasteiger partial charge in [-0.15, -0.1) is 10.2 Å². The van der Waals surface area contributed by atoms with Crippen molar-refractivity contribution in [3.63, 3.8) is 0 Å². The summed E-state index contributed by atoms with van der Waals surface area (Å²) in [5, 5.41) is 7.19. The van der Waals surface area contributed by atoms with E-state index in [2.05, 4.69) is 15.2 Å². The van der Waals surface area contributed by atoms with Gasteiger partial charge >= 0.3 is 0 Å². The maximum Gasteiger partial charge on any atom is 0.280 e. The van der Waals surface area contributed by atoms with Crippen molar-refractivity contribution in [1.82, 2.24) is 15.2 Å². The third kappa shape index (κ3) is 1.44. The summed E-state index contributed by atoms with van der Waals surface area (Å²) in [7, 11) is 0. The quantitative estimate of drug-likeness (QED) is 0.635. The molecule has 0 aliphatic carbocycles. The van der Waals surface area contributed by atoms with Gasteiger partial charge in [-0.2, -0.15) is 0 Å². The van der Waals surface area contributed by atoms with Crippen LogP contribution in [0.5, 0.6) is 0 Å². The third-order valence-electron chi connectivity index (χ3n) is 1.47. The van der Waals surface area contributed by atoms with Crippen molar-refractivity contribution in [2.24, 2.45) is 0 Å². The fraction of sp³-hybridized carbons (Fsp3) is 0. The molecule has 0 aliphatic heterocycles. The Hall–Kier alpha value is -2.04. The highest BCUT2D eigenvalue weighted by Crippen LogP contribution is 2.14. The lowest BCUT2D eigenvalue weighted by molar-refractivity contribution is 0.109. The Morgan fingerprint density at radius 1 is 1.23 bits per heavy atom. The normalized spacial score (nSPS) is 9.85. The summed E-state index contributed by atoms with van der Waals surface area (Å²) in [5.41, 5.74) is 0.746. The molecule has 0 fully saturated rings. The number of aromatic nitrogens is 3. The molecule has 0 atom stereocenters. The Balaban J connectivity index is 2.41. The average molecular weight is 175 g/mol. The maximum atomic E-state index is 10.2. The van der Waals surface area contributed by atoms with Crippen LogP contribution in [-0.4, -0.2) is 21.5 Å². The van der Waals surface area contributed by atoms with Crippen molar-refractivity contribution in [2.45, 2.75) is 0 Å². The molecule has 0 unspecified atom stereocenters. The molecule has 0 amide bonds. The SMILES string of the molecule is O=Cc1nnc(-c2ccncc2)o1. The minimum Gasteiger partial charge on any atom is -0.414 e. The molecule has 0 N–H and O–H groups in total. The summed E-state index contributed by atoms with van der Waals surface area (Å²) in [6.07, 6.45) is 3.73. The van der Waals surface area contributed by atoms with Crippen LogP contribution in [0.4, 0.5) is 0 Å². The third-order valence-corrected chi connectivity index (χ3v) is 1.47. The monoisotopic (exact) mass is 175 g/mol. The van der Waals surface area contributed by atoms with Crippen LogP contribution in [0.2, 0.25) is 0 Å². The van der Waals surface area contributed by atoms with Gasteiger partial charge in [0, 0.05) is 18.0 Å². The van der Waals surface area contributed by atoms with E-state index >= 15 is 0 Å².